The fraction of sp³-hybridized carbons (Fsp3) is 0.667. The zero-order valence-electron chi connectivity index (χ0n) is 7.59. The first-order chi connectivity index (χ1) is 5.04. The highest BCUT2D eigenvalue weighted by molar-refractivity contribution is 5.58. The molecule has 0 aliphatic carbocycles. The molecule has 0 unspecified atom stereocenters. The summed E-state index contributed by atoms with van der Waals surface area (Å²) in [7, 11) is 2.00. The Morgan fingerprint density at radius 1 is 1.64 bits per heavy atom. The van der Waals surface area contributed by atoms with Gasteiger partial charge in [-0.05, 0) is 6.42 Å². The van der Waals surface area contributed by atoms with Gasteiger partial charge in [0.1, 0.15) is 0 Å². The van der Waals surface area contributed by atoms with Crippen molar-refractivity contribution in [2.45, 2.75) is 20.3 Å². The number of nitrogens with zero attached hydrogens (tertiary/aromatic N) is 2. The Kier molecular flexibility index (Phi) is 2.03. The lowest BCUT2D eigenvalue weighted by Crippen LogP contribution is -2.25. The van der Waals surface area contributed by atoms with E-state index in [9.17, 15) is 0 Å². The lowest BCUT2D eigenvalue weighted by molar-refractivity contribution is 0.359. The van der Waals surface area contributed by atoms with Crippen molar-refractivity contribution in [1.29, 1.82) is 0 Å². The molecule has 0 saturated carbocycles. The molecule has 0 saturated heterocycles. The van der Waals surface area contributed by atoms with Gasteiger partial charge in [-0.15, -0.1) is 0 Å². The second-order valence-electron chi connectivity index (χ2n) is 3.71. The van der Waals surface area contributed by atoms with Gasteiger partial charge in [0, 0.05) is 24.7 Å². The molecule has 0 fully saturated rings. The molecule has 1 aliphatic rings. The number of hydrogen-bond acceptors (Lipinski definition) is 2. The fourth-order valence-electron chi connectivity index (χ4n) is 1.22. The maximum Gasteiger partial charge on any atom is 0.0889 e. The van der Waals surface area contributed by atoms with Crippen LogP contribution in [0.15, 0.2) is 17.3 Å². The molecule has 0 radical (unpaired) electrons. The molecule has 0 aromatic carbocycles. The summed E-state index contributed by atoms with van der Waals surface area (Å²) >= 11 is 0. The largest absolute Gasteiger partial charge is 0.340 e. The van der Waals surface area contributed by atoms with Gasteiger partial charge in [0.25, 0.3) is 0 Å². The molecule has 2 heteroatoms. The van der Waals surface area contributed by atoms with E-state index in [0.717, 1.165) is 18.7 Å². The summed E-state index contributed by atoms with van der Waals surface area (Å²) in [6, 6.07) is 0. The van der Waals surface area contributed by atoms with E-state index >= 15 is 0 Å². The molecule has 62 valence electrons. The van der Waals surface area contributed by atoms with Gasteiger partial charge in [0.2, 0.25) is 0 Å². The van der Waals surface area contributed by atoms with Crippen LogP contribution in [0.2, 0.25) is 0 Å². The van der Waals surface area contributed by atoms with Crippen LogP contribution < -0.4 is 0 Å². The lowest BCUT2D eigenvalue weighted by atomic mass is 9.86. The maximum absolute atomic E-state index is 4.24. The minimum Gasteiger partial charge on any atom is -0.340 e. The Morgan fingerprint density at radius 3 is 2.91 bits per heavy atom. The van der Waals surface area contributed by atoms with Gasteiger partial charge in [0.15, 0.2) is 0 Å². The van der Waals surface area contributed by atoms with Crippen LogP contribution in [0.3, 0.4) is 0 Å². The van der Waals surface area contributed by atoms with E-state index in [1.54, 1.807) is 0 Å². The highest BCUT2D eigenvalue weighted by Crippen LogP contribution is 2.31. The topological polar surface area (TPSA) is 15.6 Å². The smallest absolute Gasteiger partial charge is 0.0889 e. The highest BCUT2D eigenvalue weighted by Gasteiger charge is 2.24. The van der Waals surface area contributed by atoms with Crippen LogP contribution in [0.25, 0.3) is 0 Å². The van der Waals surface area contributed by atoms with Crippen LogP contribution in [0.4, 0.5) is 0 Å². The van der Waals surface area contributed by atoms with Gasteiger partial charge >= 0.3 is 0 Å². The van der Waals surface area contributed by atoms with Crippen molar-refractivity contribution in [2.24, 2.45) is 10.4 Å². The van der Waals surface area contributed by atoms with E-state index in [-0.39, 0.29) is 5.41 Å². The standard InChI is InChI=1S/C9H16N2/c1-8-9(2,3)5-6-10-7-11(8)4/h7H,1,5-6H2,2-4H3. The molecule has 0 bridgehead atoms. The zero-order chi connectivity index (χ0) is 8.48. The third-order valence-corrected chi connectivity index (χ3v) is 2.33. The van der Waals surface area contributed by atoms with Crippen molar-refractivity contribution in [3.05, 3.63) is 12.3 Å². The monoisotopic (exact) mass is 152 g/mol. The predicted octanol–water partition coefficient (Wildman–Crippen LogP) is 1.89. The van der Waals surface area contributed by atoms with Gasteiger partial charge in [0.05, 0.1) is 6.34 Å². The van der Waals surface area contributed by atoms with Crippen LogP contribution in [0, 0.1) is 5.41 Å². The first kappa shape index (κ1) is 8.31. The fourth-order valence-corrected chi connectivity index (χ4v) is 1.22. The van der Waals surface area contributed by atoms with Gasteiger partial charge < -0.3 is 4.90 Å². The van der Waals surface area contributed by atoms with Gasteiger partial charge in [-0.3, -0.25) is 4.99 Å². The van der Waals surface area contributed by atoms with Crippen LogP contribution in [-0.4, -0.2) is 24.8 Å². The van der Waals surface area contributed by atoms with Gasteiger partial charge in [-0.25, -0.2) is 0 Å². The normalized spacial score (nSPS) is 23.5. The number of allylic oxidation sites excluding steroid dienone is 1. The number of aliphatic imine (C=N–C) groups is 1. The van der Waals surface area contributed by atoms with Crippen molar-refractivity contribution in [3.8, 4) is 0 Å². The summed E-state index contributed by atoms with van der Waals surface area (Å²) in [5.74, 6) is 0. The summed E-state index contributed by atoms with van der Waals surface area (Å²) in [6.07, 6.45) is 2.95. The second kappa shape index (κ2) is 2.68. The Labute approximate surface area is 68.6 Å². The Balaban J connectivity index is 2.82. The van der Waals surface area contributed by atoms with Crippen molar-refractivity contribution >= 4 is 6.34 Å². The minimum atomic E-state index is 0.200. The van der Waals surface area contributed by atoms with E-state index < -0.39 is 0 Å². The molecule has 0 N–H and O–H groups in total. The lowest BCUT2D eigenvalue weighted by Gasteiger charge is -2.29. The summed E-state index contributed by atoms with van der Waals surface area (Å²) in [6.45, 7) is 9.37. The Morgan fingerprint density at radius 2 is 2.27 bits per heavy atom. The molecule has 0 spiro atoms. The Hall–Kier alpha value is -0.790. The van der Waals surface area contributed by atoms with Crippen LogP contribution in [-0.2, 0) is 0 Å². The average Bonchev–Trinajstić information content (AvgIpc) is 2.03. The Bertz CT molecular complexity index is 192. The van der Waals surface area contributed by atoms with Crippen LogP contribution in [0.5, 0.6) is 0 Å². The molecule has 1 heterocycles. The van der Waals surface area contributed by atoms with Crippen LogP contribution in [0.1, 0.15) is 20.3 Å². The molecule has 1 aliphatic heterocycles. The second-order valence-corrected chi connectivity index (χ2v) is 3.71. The van der Waals surface area contributed by atoms with Crippen molar-refractivity contribution < 1.29 is 0 Å². The van der Waals surface area contributed by atoms with E-state index in [1.807, 2.05) is 18.3 Å². The third kappa shape index (κ3) is 1.62. The predicted molar refractivity (Wildman–Crippen MR) is 48.7 cm³/mol. The molecule has 1 rings (SSSR count). The first-order valence-electron chi connectivity index (χ1n) is 3.96. The van der Waals surface area contributed by atoms with Gasteiger partial charge in [-0.2, -0.15) is 0 Å². The quantitative estimate of drug-likeness (QED) is 0.517. The third-order valence-electron chi connectivity index (χ3n) is 2.33. The highest BCUT2D eigenvalue weighted by atomic mass is 15.1. The van der Waals surface area contributed by atoms with Crippen molar-refractivity contribution in [3.63, 3.8) is 0 Å². The summed E-state index contributed by atoms with van der Waals surface area (Å²) < 4.78 is 0. The zero-order valence-corrected chi connectivity index (χ0v) is 7.59. The van der Waals surface area contributed by atoms with E-state index in [0.29, 0.717) is 0 Å². The average molecular weight is 152 g/mol. The molecule has 0 aromatic heterocycles. The SMILES string of the molecule is C=C1N(C)C=NCCC1(C)C. The molecule has 0 aromatic rings. The van der Waals surface area contributed by atoms with Gasteiger partial charge in [-0.1, -0.05) is 20.4 Å². The molecule has 11 heavy (non-hydrogen) atoms. The van der Waals surface area contributed by atoms with Crippen LogP contribution >= 0.6 is 0 Å². The van der Waals surface area contributed by atoms with E-state index in [4.69, 9.17) is 0 Å². The number of hydrogen-bond donors (Lipinski definition) is 0. The van der Waals surface area contributed by atoms with Crippen molar-refractivity contribution in [2.75, 3.05) is 13.6 Å². The summed E-state index contributed by atoms with van der Waals surface area (Å²) in [5.41, 5.74) is 1.35. The summed E-state index contributed by atoms with van der Waals surface area (Å²) in [4.78, 5) is 6.24. The molecule has 0 amide bonds. The molecule has 0 atom stereocenters. The molecular formula is C9H16N2. The first-order valence-corrected chi connectivity index (χ1v) is 3.96. The number of rotatable bonds is 0. The van der Waals surface area contributed by atoms with E-state index in [1.165, 1.54) is 0 Å². The maximum atomic E-state index is 4.24. The minimum absolute atomic E-state index is 0.200. The summed E-state index contributed by atoms with van der Waals surface area (Å²) in [5, 5.41) is 0. The molecular weight excluding hydrogens is 136 g/mol. The van der Waals surface area contributed by atoms with Crippen molar-refractivity contribution in [1.82, 2.24) is 4.90 Å². The van der Waals surface area contributed by atoms with E-state index in [2.05, 4.69) is 25.4 Å². The molecule has 2 nitrogen and oxygen atoms in total.